The van der Waals surface area contributed by atoms with E-state index in [1.807, 2.05) is 16.8 Å². The smallest absolute Gasteiger partial charge is 0.220 e. The van der Waals surface area contributed by atoms with Crippen LogP contribution in [0, 0.1) is 6.92 Å². The van der Waals surface area contributed by atoms with Crippen molar-refractivity contribution < 1.29 is 4.79 Å². The molecule has 5 nitrogen and oxygen atoms in total. The fraction of sp³-hybridized carbons (Fsp3) is 0.226. The minimum absolute atomic E-state index is 0.0273. The molecule has 5 aromatic rings. The van der Waals surface area contributed by atoms with Crippen molar-refractivity contribution in [2.24, 2.45) is 0 Å². The Morgan fingerprint density at radius 1 is 1.00 bits per heavy atom. The highest BCUT2D eigenvalue weighted by molar-refractivity contribution is 5.86. The molecule has 182 valence electrons. The van der Waals surface area contributed by atoms with Gasteiger partial charge < -0.3 is 14.5 Å². The predicted molar refractivity (Wildman–Crippen MR) is 145 cm³/mol. The van der Waals surface area contributed by atoms with Crippen LogP contribution < -0.4 is 5.32 Å². The lowest BCUT2D eigenvalue weighted by Gasteiger charge is -2.18. The van der Waals surface area contributed by atoms with Crippen molar-refractivity contribution in [2.75, 3.05) is 6.54 Å². The van der Waals surface area contributed by atoms with Gasteiger partial charge in [-0.2, -0.15) is 0 Å². The van der Waals surface area contributed by atoms with Crippen molar-refractivity contribution >= 4 is 16.8 Å². The number of carbonyl (C=O) groups excluding carboxylic acids is 1. The third kappa shape index (κ3) is 5.57. The number of para-hydroxylation sites is 1. The van der Waals surface area contributed by atoms with Crippen LogP contribution >= 0.6 is 0 Å². The summed E-state index contributed by atoms with van der Waals surface area (Å²) in [6, 6.07) is 27.6. The second-order valence-corrected chi connectivity index (χ2v) is 9.39. The molecule has 0 spiro atoms. The van der Waals surface area contributed by atoms with E-state index in [0.29, 0.717) is 13.0 Å². The number of benzene rings is 3. The summed E-state index contributed by atoms with van der Waals surface area (Å²) < 4.78 is 4.34. The minimum atomic E-state index is -0.0273. The van der Waals surface area contributed by atoms with Crippen LogP contribution in [0.4, 0.5) is 0 Å². The number of nitrogens with zero attached hydrogens (tertiary/aromatic N) is 3. The van der Waals surface area contributed by atoms with Gasteiger partial charge in [0, 0.05) is 61.5 Å². The zero-order valence-electron chi connectivity index (χ0n) is 20.7. The first-order valence-corrected chi connectivity index (χ1v) is 12.6. The molecule has 0 saturated heterocycles. The van der Waals surface area contributed by atoms with Crippen molar-refractivity contribution in [3.05, 3.63) is 126 Å². The standard InChI is InChI=1S/C31H32N4O/c1-24-9-7-12-26(19-24)28(20-31(36)33-15-8-17-34-18-16-32-23-34)29-22-35(21-25-10-3-2-4-11-25)30-14-6-5-13-27(29)30/h2-7,9-14,16,18-19,22-23,28H,8,15,17,20-21H2,1H3,(H,33,36). The van der Waals surface area contributed by atoms with Gasteiger partial charge >= 0.3 is 0 Å². The summed E-state index contributed by atoms with van der Waals surface area (Å²) >= 11 is 0. The Balaban J connectivity index is 1.41. The van der Waals surface area contributed by atoms with E-state index >= 15 is 0 Å². The molecule has 0 fully saturated rings. The normalized spacial score (nSPS) is 12.0. The van der Waals surface area contributed by atoms with Crippen molar-refractivity contribution in [3.8, 4) is 0 Å². The lowest BCUT2D eigenvalue weighted by atomic mass is 9.87. The highest BCUT2D eigenvalue weighted by Gasteiger charge is 2.23. The van der Waals surface area contributed by atoms with Crippen molar-refractivity contribution in [1.29, 1.82) is 0 Å². The highest BCUT2D eigenvalue weighted by Crippen LogP contribution is 2.35. The SMILES string of the molecule is Cc1cccc(C(CC(=O)NCCCn2ccnc2)c2cn(Cc3ccccc3)c3ccccc23)c1. The molecular formula is C31H32N4O. The average molecular weight is 477 g/mol. The number of carbonyl (C=O) groups is 1. The molecule has 1 unspecified atom stereocenters. The van der Waals surface area contributed by atoms with Gasteiger partial charge in [-0.3, -0.25) is 4.79 Å². The third-order valence-electron chi connectivity index (χ3n) is 6.70. The second-order valence-electron chi connectivity index (χ2n) is 9.39. The molecule has 0 aliphatic rings. The molecule has 1 atom stereocenters. The summed E-state index contributed by atoms with van der Waals surface area (Å²) in [6.45, 7) is 4.39. The Morgan fingerprint density at radius 3 is 2.64 bits per heavy atom. The quantitative estimate of drug-likeness (QED) is 0.254. The van der Waals surface area contributed by atoms with Crippen LogP contribution in [0.1, 0.15) is 41.0 Å². The maximum Gasteiger partial charge on any atom is 0.220 e. The van der Waals surface area contributed by atoms with E-state index in [9.17, 15) is 4.79 Å². The van der Waals surface area contributed by atoms with E-state index in [1.54, 1.807) is 12.5 Å². The molecule has 0 aliphatic heterocycles. The number of hydrogen-bond donors (Lipinski definition) is 1. The summed E-state index contributed by atoms with van der Waals surface area (Å²) in [5.74, 6) is 0.0486. The molecule has 1 amide bonds. The van der Waals surface area contributed by atoms with Crippen LogP contribution in [0.3, 0.4) is 0 Å². The fourth-order valence-corrected chi connectivity index (χ4v) is 4.92. The maximum atomic E-state index is 13.1. The third-order valence-corrected chi connectivity index (χ3v) is 6.70. The summed E-state index contributed by atoms with van der Waals surface area (Å²) in [4.78, 5) is 17.2. The number of hydrogen-bond acceptors (Lipinski definition) is 2. The molecule has 1 N–H and O–H groups in total. The van der Waals surface area contributed by atoms with Crippen LogP contribution in [-0.4, -0.2) is 26.6 Å². The summed E-state index contributed by atoms with van der Waals surface area (Å²) in [5, 5.41) is 4.35. The van der Waals surface area contributed by atoms with E-state index < -0.39 is 0 Å². The van der Waals surface area contributed by atoms with Gasteiger partial charge in [-0.25, -0.2) is 4.98 Å². The maximum absolute atomic E-state index is 13.1. The Hall–Kier alpha value is -4.12. The molecule has 36 heavy (non-hydrogen) atoms. The van der Waals surface area contributed by atoms with Gasteiger partial charge in [0.2, 0.25) is 5.91 Å². The van der Waals surface area contributed by atoms with E-state index in [-0.39, 0.29) is 11.8 Å². The number of amides is 1. The largest absolute Gasteiger partial charge is 0.356 e. The van der Waals surface area contributed by atoms with E-state index in [4.69, 9.17) is 0 Å². The van der Waals surface area contributed by atoms with Crippen LogP contribution in [0.2, 0.25) is 0 Å². The molecule has 0 bridgehead atoms. The first kappa shape index (κ1) is 23.6. The van der Waals surface area contributed by atoms with E-state index in [1.165, 1.54) is 33.2 Å². The van der Waals surface area contributed by atoms with E-state index in [0.717, 1.165) is 19.5 Å². The Kier molecular flexibility index (Phi) is 7.27. The van der Waals surface area contributed by atoms with Gasteiger partial charge in [-0.1, -0.05) is 78.4 Å². The number of fused-ring (bicyclic) bond motifs is 1. The molecule has 0 aliphatic carbocycles. The van der Waals surface area contributed by atoms with Gasteiger partial charge in [0.15, 0.2) is 0 Å². The van der Waals surface area contributed by atoms with Gasteiger partial charge in [0.25, 0.3) is 0 Å². The van der Waals surface area contributed by atoms with Crippen molar-refractivity contribution in [3.63, 3.8) is 0 Å². The Bertz CT molecular complexity index is 1420. The zero-order chi connectivity index (χ0) is 24.7. The molecule has 2 heterocycles. The topological polar surface area (TPSA) is 51.9 Å². The van der Waals surface area contributed by atoms with Crippen LogP contribution in [-0.2, 0) is 17.9 Å². The molecular weight excluding hydrogens is 444 g/mol. The first-order valence-electron chi connectivity index (χ1n) is 12.6. The number of rotatable bonds is 10. The zero-order valence-corrected chi connectivity index (χ0v) is 20.7. The molecule has 2 aromatic heterocycles. The van der Waals surface area contributed by atoms with Crippen LogP contribution in [0.25, 0.3) is 10.9 Å². The van der Waals surface area contributed by atoms with Gasteiger partial charge in [0.1, 0.15) is 0 Å². The van der Waals surface area contributed by atoms with Gasteiger partial charge in [-0.05, 0) is 36.1 Å². The Labute approximate surface area is 212 Å². The number of aromatic nitrogens is 3. The highest BCUT2D eigenvalue weighted by atomic mass is 16.1. The minimum Gasteiger partial charge on any atom is -0.356 e. The molecule has 5 heteroatoms. The average Bonchev–Trinajstić information content (AvgIpc) is 3.54. The number of aryl methyl sites for hydroxylation is 2. The number of imidazole rings is 1. The lowest BCUT2D eigenvalue weighted by molar-refractivity contribution is -0.121. The van der Waals surface area contributed by atoms with Crippen molar-refractivity contribution in [2.45, 2.75) is 38.8 Å². The van der Waals surface area contributed by atoms with Gasteiger partial charge in [0.05, 0.1) is 6.33 Å². The predicted octanol–water partition coefficient (Wildman–Crippen LogP) is 5.92. The molecule has 5 rings (SSSR count). The Morgan fingerprint density at radius 2 is 1.83 bits per heavy atom. The summed E-state index contributed by atoms with van der Waals surface area (Å²) in [7, 11) is 0. The van der Waals surface area contributed by atoms with Crippen LogP contribution in [0.15, 0.2) is 104 Å². The monoisotopic (exact) mass is 476 g/mol. The van der Waals surface area contributed by atoms with Gasteiger partial charge in [-0.15, -0.1) is 0 Å². The van der Waals surface area contributed by atoms with Crippen LogP contribution in [0.5, 0.6) is 0 Å². The molecule has 3 aromatic carbocycles. The number of nitrogens with one attached hydrogen (secondary N) is 1. The van der Waals surface area contributed by atoms with Crippen molar-refractivity contribution in [1.82, 2.24) is 19.4 Å². The fourth-order valence-electron chi connectivity index (χ4n) is 4.92. The first-order chi connectivity index (χ1) is 17.7. The lowest BCUT2D eigenvalue weighted by Crippen LogP contribution is -2.27. The molecule has 0 saturated carbocycles. The van der Waals surface area contributed by atoms with E-state index in [2.05, 4.69) is 101 Å². The summed E-state index contributed by atoms with van der Waals surface area (Å²) in [5.41, 5.74) is 6.01. The second kappa shape index (κ2) is 11.1. The molecule has 0 radical (unpaired) electrons. The summed E-state index contributed by atoms with van der Waals surface area (Å²) in [6.07, 6.45) is 9.05.